The van der Waals surface area contributed by atoms with E-state index in [1.54, 1.807) is 0 Å². The van der Waals surface area contributed by atoms with E-state index in [2.05, 4.69) is 31.1 Å². The summed E-state index contributed by atoms with van der Waals surface area (Å²) in [4.78, 5) is 2.41. The van der Waals surface area contributed by atoms with Gasteiger partial charge in [-0.15, -0.1) is 0 Å². The third-order valence-corrected chi connectivity index (χ3v) is 4.25. The van der Waals surface area contributed by atoms with Gasteiger partial charge in [0.2, 0.25) is 0 Å². The third kappa shape index (κ3) is 4.02. The van der Waals surface area contributed by atoms with E-state index in [-0.39, 0.29) is 11.9 Å². The second-order valence-corrected chi connectivity index (χ2v) is 5.89. The number of piperidine rings is 1. The van der Waals surface area contributed by atoms with Crippen LogP contribution in [0.25, 0.3) is 0 Å². The van der Waals surface area contributed by atoms with Crippen molar-refractivity contribution in [3.05, 3.63) is 35.6 Å². The van der Waals surface area contributed by atoms with E-state index in [4.69, 9.17) is 0 Å². The summed E-state index contributed by atoms with van der Waals surface area (Å²) in [5.41, 5.74) is 1.15. The van der Waals surface area contributed by atoms with Crippen LogP contribution in [0.1, 0.15) is 38.3 Å². The van der Waals surface area contributed by atoms with Crippen molar-refractivity contribution in [2.45, 2.75) is 38.8 Å². The van der Waals surface area contributed by atoms with Gasteiger partial charge in [-0.2, -0.15) is 0 Å². The Morgan fingerprint density at radius 1 is 1.26 bits per heavy atom. The van der Waals surface area contributed by atoms with Crippen LogP contribution < -0.4 is 5.32 Å². The first-order valence-electron chi connectivity index (χ1n) is 7.26. The molecular weight excluding hydrogens is 239 g/mol. The molecule has 1 fully saturated rings. The molecule has 1 aliphatic rings. The van der Waals surface area contributed by atoms with Crippen LogP contribution >= 0.6 is 0 Å². The van der Waals surface area contributed by atoms with Gasteiger partial charge in [0, 0.05) is 18.6 Å². The quantitative estimate of drug-likeness (QED) is 0.898. The van der Waals surface area contributed by atoms with Gasteiger partial charge in [-0.1, -0.05) is 12.1 Å². The van der Waals surface area contributed by atoms with E-state index >= 15 is 0 Å². The number of benzene rings is 1. The number of nitrogens with zero attached hydrogens (tertiary/aromatic N) is 1. The highest BCUT2D eigenvalue weighted by atomic mass is 19.1. The molecule has 3 atom stereocenters. The van der Waals surface area contributed by atoms with E-state index in [0.29, 0.717) is 12.0 Å². The normalized spacial score (nSPS) is 24.1. The van der Waals surface area contributed by atoms with Crippen LogP contribution in [0.4, 0.5) is 4.39 Å². The first-order valence-corrected chi connectivity index (χ1v) is 7.26. The Morgan fingerprint density at radius 2 is 1.95 bits per heavy atom. The summed E-state index contributed by atoms with van der Waals surface area (Å²) in [7, 11) is 2.20. The molecule has 1 saturated heterocycles. The topological polar surface area (TPSA) is 15.3 Å². The van der Waals surface area contributed by atoms with Gasteiger partial charge in [0.15, 0.2) is 0 Å². The largest absolute Gasteiger partial charge is 0.307 e. The molecular formula is C16H25FN2. The van der Waals surface area contributed by atoms with Gasteiger partial charge in [0.1, 0.15) is 5.82 Å². The van der Waals surface area contributed by atoms with Gasteiger partial charge >= 0.3 is 0 Å². The number of hydrogen-bond acceptors (Lipinski definition) is 2. The lowest BCUT2D eigenvalue weighted by molar-refractivity contribution is 0.174. The maximum Gasteiger partial charge on any atom is 0.123 e. The summed E-state index contributed by atoms with van der Waals surface area (Å²) in [6.07, 6.45) is 2.59. The van der Waals surface area contributed by atoms with Gasteiger partial charge in [0.25, 0.3) is 0 Å². The minimum atomic E-state index is -0.169. The Bertz CT molecular complexity index is 390. The summed E-state index contributed by atoms with van der Waals surface area (Å²) in [5.74, 6) is 0.541. The van der Waals surface area contributed by atoms with Gasteiger partial charge in [-0.25, -0.2) is 4.39 Å². The minimum absolute atomic E-state index is 0.169. The predicted octanol–water partition coefficient (Wildman–Crippen LogP) is 3.21. The predicted molar refractivity (Wildman–Crippen MR) is 77.6 cm³/mol. The fraction of sp³-hybridized carbons (Fsp3) is 0.625. The van der Waals surface area contributed by atoms with Gasteiger partial charge in [-0.05, 0) is 63.9 Å². The molecule has 1 aromatic rings. The maximum atomic E-state index is 12.9. The zero-order valence-corrected chi connectivity index (χ0v) is 12.2. The molecule has 2 rings (SSSR count). The molecule has 19 heavy (non-hydrogen) atoms. The van der Waals surface area contributed by atoms with E-state index in [1.807, 2.05) is 12.1 Å². The summed E-state index contributed by atoms with van der Waals surface area (Å²) in [6, 6.07) is 7.56. The van der Waals surface area contributed by atoms with Crippen LogP contribution in [0.5, 0.6) is 0 Å². The van der Waals surface area contributed by atoms with Crippen molar-refractivity contribution in [2.24, 2.45) is 5.92 Å². The Kier molecular flexibility index (Phi) is 4.94. The molecule has 0 aliphatic carbocycles. The molecule has 2 nitrogen and oxygen atoms in total. The zero-order chi connectivity index (χ0) is 13.8. The first kappa shape index (κ1) is 14.5. The monoisotopic (exact) mass is 264 g/mol. The Morgan fingerprint density at radius 3 is 2.58 bits per heavy atom. The highest BCUT2D eigenvalue weighted by Crippen LogP contribution is 2.21. The van der Waals surface area contributed by atoms with Crippen LogP contribution in [0.3, 0.4) is 0 Å². The molecule has 0 saturated carbocycles. The highest BCUT2D eigenvalue weighted by molar-refractivity contribution is 5.19. The average molecular weight is 264 g/mol. The number of hydrogen-bond donors (Lipinski definition) is 1. The number of rotatable bonds is 4. The van der Waals surface area contributed by atoms with Crippen molar-refractivity contribution in [3.63, 3.8) is 0 Å². The van der Waals surface area contributed by atoms with Crippen LogP contribution in [-0.2, 0) is 0 Å². The zero-order valence-electron chi connectivity index (χ0n) is 12.2. The van der Waals surface area contributed by atoms with Crippen LogP contribution in [0.2, 0.25) is 0 Å². The molecule has 1 aromatic carbocycles. The lowest BCUT2D eigenvalue weighted by atomic mass is 9.91. The smallest absolute Gasteiger partial charge is 0.123 e. The molecule has 0 spiro atoms. The standard InChI is InChI=1S/C16H25FN2/c1-12(14-6-8-16(17)9-7-14)18-13(2)15-5-4-10-19(3)11-15/h6-9,12-13,15,18H,4-5,10-11H2,1-3H3/t12-,13?,15?/m1/s1. The number of likely N-dealkylation sites (tertiary alicyclic amines) is 1. The lowest BCUT2D eigenvalue weighted by Crippen LogP contribution is -2.43. The van der Waals surface area contributed by atoms with Crippen molar-refractivity contribution in [2.75, 3.05) is 20.1 Å². The third-order valence-electron chi connectivity index (χ3n) is 4.25. The molecule has 0 amide bonds. The fourth-order valence-electron chi connectivity index (χ4n) is 2.99. The number of halogens is 1. The number of nitrogens with one attached hydrogen (secondary N) is 1. The van der Waals surface area contributed by atoms with Crippen molar-refractivity contribution < 1.29 is 4.39 Å². The van der Waals surface area contributed by atoms with Crippen molar-refractivity contribution >= 4 is 0 Å². The van der Waals surface area contributed by atoms with Crippen LogP contribution in [-0.4, -0.2) is 31.1 Å². The second-order valence-electron chi connectivity index (χ2n) is 5.89. The van der Waals surface area contributed by atoms with Crippen LogP contribution in [0, 0.1) is 11.7 Å². The average Bonchev–Trinajstić information content (AvgIpc) is 2.39. The highest BCUT2D eigenvalue weighted by Gasteiger charge is 2.23. The molecule has 1 aliphatic heterocycles. The Balaban J connectivity index is 1.90. The summed E-state index contributed by atoms with van der Waals surface area (Å²) in [5, 5.41) is 3.66. The van der Waals surface area contributed by atoms with Crippen molar-refractivity contribution in [1.29, 1.82) is 0 Å². The van der Waals surface area contributed by atoms with Crippen molar-refractivity contribution in [3.8, 4) is 0 Å². The van der Waals surface area contributed by atoms with Gasteiger partial charge < -0.3 is 10.2 Å². The molecule has 106 valence electrons. The van der Waals surface area contributed by atoms with E-state index in [1.165, 1.54) is 38.1 Å². The molecule has 2 unspecified atom stereocenters. The summed E-state index contributed by atoms with van der Waals surface area (Å²) in [6.45, 7) is 6.81. The summed E-state index contributed by atoms with van der Waals surface area (Å²) >= 11 is 0. The Hall–Kier alpha value is -0.930. The van der Waals surface area contributed by atoms with Gasteiger partial charge in [0.05, 0.1) is 0 Å². The Labute approximate surface area is 116 Å². The van der Waals surface area contributed by atoms with Crippen LogP contribution in [0.15, 0.2) is 24.3 Å². The first-order chi connectivity index (χ1) is 9.06. The van der Waals surface area contributed by atoms with E-state index < -0.39 is 0 Å². The van der Waals surface area contributed by atoms with E-state index in [9.17, 15) is 4.39 Å². The molecule has 0 radical (unpaired) electrons. The molecule has 3 heteroatoms. The maximum absolute atomic E-state index is 12.9. The fourth-order valence-corrected chi connectivity index (χ4v) is 2.99. The molecule has 1 N–H and O–H groups in total. The molecule has 0 aromatic heterocycles. The second kappa shape index (κ2) is 6.49. The molecule has 0 bridgehead atoms. The summed E-state index contributed by atoms with van der Waals surface area (Å²) < 4.78 is 12.9. The van der Waals surface area contributed by atoms with E-state index in [0.717, 1.165) is 5.56 Å². The SMILES string of the molecule is CC(N[C@H](C)c1ccc(F)cc1)C1CCCN(C)C1. The molecule has 1 heterocycles. The lowest BCUT2D eigenvalue weighted by Gasteiger charge is -2.35. The van der Waals surface area contributed by atoms with Gasteiger partial charge in [-0.3, -0.25) is 0 Å². The minimum Gasteiger partial charge on any atom is -0.307 e. The van der Waals surface area contributed by atoms with Crippen molar-refractivity contribution in [1.82, 2.24) is 10.2 Å².